The molecule has 0 amide bonds. The second-order valence-electron chi connectivity index (χ2n) is 7.83. The molecule has 0 N–H and O–H groups in total. The van der Waals surface area contributed by atoms with Crippen LogP contribution < -0.4 is 9.64 Å². The summed E-state index contributed by atoms with van der Waals surface area (Å²) in [5.74, 6) is -0.651. The predicted molar refractivity (Wildman–Crippen MR) is 141 cm³/mol. The van der Waals surface area contributed by atoms with Crippen LogP contribution in [0.3, 0.4) is 0 Å². The Morgan fingerprint density at radius 1 is 1.35 bits per heavy atom. The Labute approximate surface area is 210 Å². The monoisotopic (exact) mass is 506 g/mol. The fourth-order valence-electron chi connectivity index (χ4n) is 3.87. The molecule has 2 rings (SSSR count). The van der Waals surface area contributed by atoms with E-state index in [-0.39, 0.29) is 12.3 Å². The second kappa shape index (κ2) is 14.3. The maximum atomic E-state index is 14.0. The fraction of sp³-hybridized carbons (Fsp3) is 0.423. The Morgan fingerprint density at radius 2 is 2.12 bits per heavy atom. The number of allylic oxidation sites excluding steroid dienone is 5. The zero-order valence-electron chi connectivity index (χ0n) is 20.5. The first kappa shape index (κ1) is 28.1. The molecule has 0 saturated heterocycles. The molecule has 186 valence electrons. The molecule has 0 saturated carbocycles. The van der Waals surface area contributed by atoms with Crippen LogP contribution in [0.2, 0.25) is 0 Å². The first-order chi connectivity index (χ1) is 16.4. The van der Waals surface area contributed by atoms with Crippen LogP contribution in [0.15, 0.2) is 70.6 Å². The van der Waals surface area contributed by atoms with Gasteiger partial charge in [-0.2, -0.15) is 4.39 Å². The third-order valence-corrected chi connectivity index (χ3v) is 7.79. The van der Waals surface area contributed by atoms with Crippen LogP contribution in [0.4, 0.5) is 10.1 Å². The summed E-state index contributed by atoms with van der Waals surface area (Å²) in [6.45, 7) is 11.5. The molecular formula is C26H35FN2O3S2. The topological polar surface area (TPSA) is 49.9 Å². The van der Waals surface area contributed by atoms with Crippen LogP contribution in [-0.4, -0.2) is 40.2 Å². The summed E-state index contributed by atoms with van der Waals surface area (Å²) in [5, 5.41) is 0. The average Bonchev–Trinajstić information content (AvgIpc) is 2.95. The number of carbonyl (C=O) groups excluding carboxylic acids is 1. The maximum Gasteiger partial charge on any atom is 0.197 e. The van der Waals surface area contributed by atoms with Gasteiger partial charge in [0.25, 0.3) is 0 Å². The number of hydrogen-bond acceptors (Lipinski definition) is 5. The van der Waals surface area contributed by atoms with E-state index < -0.39 is 16.8 Å². The van der Waals surface area contributed by atoms with Crippen molar-refractivity contribution in [3.05, 3.63) is 60.8 Å². The van der Waals surface area contributed by atoms with Crippen molar-refractivity contribution in [2.24, 2.45) is 0 Å². The van der Waals surface area contributed by atoms with E-state index in [2.05, 4.69) is 29.6 Å². The van der Waals surface area contributed by atoms with E-state index in [1.807, 2.05) is 37.5 Å². The second-order valence-corrected chi connectivity index (χ2v) is 10.1. The third-order valence-electron chi connectivity index (χ3n) is 5.42. The van der Waals surface area contributed by atoms with Crippen LogP contribution in [0.5, 0.6) is 5.75 Å². The number of unbranched alkanes of at least 4 members (excludes halogenated alkanes) is 1. The molecule has 0 aliphatic carbocycles. The highest BCUT2D eigenvalue weighted by Crippen LogP contribution is 2.41. The molecule has 0 bridgehead atoms. The summed E-state index contributed by atoms with van der Waals surface area (Å²) in [4.78, 5) is 14.2. The van der Waals surface area contributed by atoms with E-state index in [0.717, 1.165) is 48.2 Å². The zero-order chi connectivity index (χ0) is 25.1. The number of thioether (sulfide) groups is 1. The molecule has 8 heteroatoms. The lowest BCUT2D eigenvalue weighted by Gasteiger charge is -2.32. The van der Waals surface area contributed by atoms with Gasteiger partial charge in [-0.15, -0.1) is 11.8 Å². The smallest absolute Gasteiger partial charge is 0.197 e. The molecule has 2 unspecified atom stereocenters. The van der Waals surface area contributed by atoms with E-state index in [1.165, 1.54) is 11.8 Å². The van der Waals surface area contributed by atoms with E-state index in [4.69, 9.17) is 4.74 Å². The molecule has 5 nitrogen and oxygen atoms in total. The van der Waals surface area contributed by atoms with E-state index in [9.17, 15) is 13.4 Å². The van der Waals surface area contributed by atoms with Gasteiger partial charge in [0.1, 0.15) is 23.0 Å². The third kappa shape index (κ3) is 6.93. The Balaban J connectivity index is 2.76. The normalized spacial score (nSPS) is 19.7. The van der Waals surface area contributed by atoms with Gasteiger partial charge in [-0.3, -0.25) is 4.79 Å². The van der Waals surface area contributed by atoms with Gasteiger partial charge in [-0.25, -0.2) is 8.51 Å². The van der Waals surface area contributed by atoms with Crippen LogP contribution in [0, 0.1) is 0 Å². The molecule has 1 aliphatic heterocycles. The Bertz CT molecular complexity index is 975. The van der Waals surface area contributed by atoms with Crippen molar-refractivity contribution in [1.29, 1.82) is 0 Å². The molecule has 1 aliphatic rings. The molecule has 0 radical (unpaired) electrons. The summed E-state index contributed by atoms with van der Waals surface area (Å²) in [6.07, 6.45) is 14.4. The molecule has 0 spiro atoms. The molecule has 0 fully saturated rings. The number of ether oxygens (including phenoxy) is 1. The van der Waals surface area contributed by atoms with Crippen molar-refractivity contribution >= 4 is 34.7 Å². The SMILES string of the molecule is C=C/C=C(\C=C/C)N1CC(CCCC)N(CCC)S(=O)c2cc(O/C=C(\F)C=O)c(SC)cc21. The minimum atomic E-state index is -1.44. The lowest BCUT2D eigenvalue weighted by atomic mass is 10.1. The van der Waals surface area contributed by atoms with Crippen LogP contribution in [0.25, 0.3) is 0 Å². The molecule has 1 heterocycles. The van der Waals surface area contributed by atoms with Crippen molar-refractivity contribution < 1.29 is 18.1 Å². The zero-order valence-corrected chi connectivity index (χ0v) is 22.1. The van der Waals surface area contributed by atoms with Crippen LogP contribution >= 0.6 is 11.8 Å². The van der Waals surface area contributed by atoms with Gasteiger partial charge in [-0.05, 0) is 44.2 Å². The highest BCUT2D eigenvalue weighted by molar-refractivity contribution is 7.98. The summed E-state index contributed by atoms with van der Waals surface area (Å²) >= 11 is 1.44. The lowest BCUT2D eigenvalue weighted by molar-refractivity contribution is -0.106. The standard InChI is InChI=1S/C26H35FN2O3S2/c1-6-10-13-22-17-28(21(11-7-2)12-8-3)23-15-25(33-5)24(32-19-20(27)18-30)16-26(23)34(31)29(22)14-9-4/h7-8,11-12,15-16,18-19,22H,2,6,9-10,13-14,17H2,1,3-5H3/b12-8-,20-19-,21-11+. The average molecular weight is 507 g/mol. The number of aldehydes is 1. The molecule has 0 aromatic heterocycles. The quantitative estimate of drug-likeness (QED) is 0.106. The highest BCUT2D eigenvalue weighted by Gasteiger charge is 2.34. The highest BCUT2D eigenvalue weighted by atomic mass is 32.2. The predicted octanol–water partition coefficient (Wildman–Crippen LogP) is 6.56. The Morgan fingerprint density at radius 3 is 2.71 bits per heavy atom. The number of anilines is 1. The largest absolute Gasteiger partial charge is 0.461 e. The van der Waals surface area contributed by atoms with Crippen LogP contribution in [0.1, 0.15) is 46.5 Å². The van der Waals surface area contributed by atoms with Crippen molar-refractivity contribution in [2.75, 3.05) is 24.2 Å². The molecule has 1 aromatic carbocycles. The Kier molecular flexibility index (Phi) is 11.8. The van der Waals surface area contributed by atoms with Crippen molar-refractivity contribution in [3.63, 3.8) is 0 Å². The van der Waals surface area contributed by atoms with Gasteiger partial charge in [0.2, 0.25) is 0 Å². The number of carbonyl (C=O) groups is 1. The molecular weight excluding hydrogens is 471 g/mol. The first-order valence-corrected chi connectivity index (χ1v) is 13.9. The number of halogens is 1. The molecule has 34 heavy (non-hydrogen) atoms. The van der Waals surface area contributed by atoms with Crippen molar-refractivity contribution in [1.82, 2.24) is 4.31 Å². The number of rotatable bonds is 12. The fourth-order valence-corrected chi connectivity index (χ4v) is 6.01. The van der Waals surface area contributed by atoms with Crippen molar-refractivity contribution in [2.45, 2.75) is 62.3 Å². The van der Waals surface area contributed by atoms with Crippen LogP contribution in [-0.2, 0) is 15.8 Å². The minimum absolute atomic E-state index is 0.0844. The maximum absolute atomic E-state index is 14.0. The van der Waals surface area contributed by atoms with Gasteiger partial charge >= 0.3 is 0 Å². The van der Waals surface area contributed by atoms with Gasteiger partial charge in [0, 0.05) is 30.9 Å². The molecule has 1 aromatic rings. The van der Waals surface area contributed by atoms with Crippen molar-refractivity contribution in [3.8, 4) is 5.75 Å². The van der Waals surface area contributed by atoms with E-state index >= 15 is 0 Å². The van der Waals surface area contributed by atoms with E-state index in [1.54, 1.807) is 12.1 Å². The van der Waals surface area contributed by atoms with Gasteiger partial charge in [-0.1, -0.05) is 45.4 Å². The number of fused-ring (bicyclic) bond motifs is 1. The number of hydrogen-bond donors (Lipinski definition) is 0. The van der Waals surface area contributed by atoms with Gasteiger partial charge < -0.3 is 9.64 Å². The summed E-state index contributed by atoms with van der Waals surface area (Å²) < 4.78 is 35.0. The Hall–Kier alpha value is -2.16. The van der Waals surface area contributed by atoms with Gasteiger partial charge in [0.15, 0.2) is 12.1 Å². The number of nitrogens with zero attached hydrogens (tertiary/aromatic N) is 2. The minimum Gasteiger partial charge on any atom is -0.461 e. The van der Waals surface area contributed by atoms with Gasteiger partial charge in [0.05, 0.1) is 15.5 Å². The first-order valence-electron chi connectivity index (χ1n) is 11.6. The lowest BCUT2D eigenvalue weighted by Crippen LogP contribution is -2.42. The molecule has 2 atom stereocenters. The summed E-state index contributed by atoms with van der Waals surface area (Å²) in [7, 11) is -1.44. The number of benzene rings is 1. The summed E-state index contributed by atoms with van der Waals surface area (Å²) in [6, 6.07) is 3.73. The summed E-state index contributed by atoms with van der Waals surface area (Å²) in [5.41, 5.74) is 1.77. The van der Waals surface area contributed by atoms with E-state index in [0.29, 0.717) is 23.7 Å².